The van der Waals surface area contributed by atoms with E-state index >= 15 is 0 Å². The largest absolute Gasteiger partial charge is 0.352 e. The van der Waals surface area contributed by atoms with Crippen molar-refractivity contribution in [1.82, 2.24) is 10.6 Å². The summed E-state index contributed by atoms with van der Waals surface area (Å²) in [4.78, 5) is 26.4. The Balaban J connectivity index is 1.58. The molecule has 5 nitrogen and oxygen atoms in total. The molecule has 1 heterocycles. The van der Waals surface area contributed by atoms with Crippen molar-refractivity contribution >= 4 is 28.2 Å². The second-order valence-corrected chi connectivity index (χ2v) is 8.73. The molecule has 1 atom stereocenters. The number of amides is 2. The number of fused-ring (bicyclic) bond motifs is 1. The number of hydrogen-bond donors (Lipinski definition) is 3. The Labute approximate surface area is 153 Å². The van der Waals surface area contributed by atoms with Gasteiger partial charge in [-0.05, 0) is 63.0 Å². The van der Waals surface area contributed by atoms with Crippen molar-refractivity contribution in [2.45, 2.75) is 57.9 Å². The fourth-order valence-electron chi connectivity index (χ4n) is 3.58. The first-order valence-corrected chi connectivity index (χ1v) is 10.4. The number of anilines is 1. The first-order chi connectivity index (χ1) is 12.2. The van der Waals surface area contributed by atoms with Crippen molar-refractivity contribution in [3.05, 3.63) is 16.0 Å². The molecule has 0 bridgehead atoms. The number of thiophene rings is 1. The number of nitrogens with one attached hydrogen (secondary N) is 3. The second-order valence-electron chi connectivity index (χ2n) is 7.62. The first-order valence-electron chi connectivity index (χ1n) is 9.62. The molecule has 1 aromatic heterocycles. The van der Waals surface area contributed by atoms with Gasteiger partial charge < -0.3 is 16.0 Å². The molecule has 0 aliphatic heterocycles. The maximum atomic E-state index is 12.9. The van der Waals surface area contributed by atoms with Gasteiger partial charge in [-0.1, -0.05) is 6.92 Å². The Kier molecular flexibility index (Phi) is 4.82. The number of rotatable bonds is 7. The highest BCUT2D eigenvalue weighted by Gasteiger charge is 2.34. The van der Waals surface area contributed by atoms with Crippen molar-refractivity contribution in [3.63, 3.8) is 0 Å². The van der Waals surface area contributed by atoms with Crippen molar-refractivity contribution in [1.29, 1.82) is 0 Å². The summed E-state index contributed by atoms with van der Waals surface area (Å²) in [5.74, 6) is 0.874. The number of carbonyl (C=O) groups excluding carboxylic acids is 2. The van der Waals surface area contributed by atoms with Gasteiger partial charge in [0.05, 0.1) is 5.56 Å². The van der Waals surface area contributed by atoms with Gasteiger partial charge in [0, 0.05) is 23.4 Å². The first kappa shape index (κ1) is 17.0. The molecule has 6 heteroatoms. The monoisotopic (exact) mass is 361 g/mol. The molecule has 136 valence electrons. The lowest BCUT2D eigenvalue weighted by molar-refractivity contribution is -0.117. The molecule has 3 aliphatic rings. The molecule has 2 fully saturated rings. The summed E-state index contributed by atoms with van der Waals surface area (Å²) in [6.45, 7) is 3.82. The van der Waals surface area contributed by atoms with E-state index in [0.29, 0.717) is 12.0 Å². The average molecular weight is 362 g/mol. The average Bonchev–Trinajstić information content (AvgIpc) is 3.49. The lowest BCUT2D eigenvalue weighted by Crippen LogP contribution is -2.35. The van der Waals surface area contributed by atoms with Crippen LogP contribution in [0.1, 0.15) is 59.8 Å². The van der Waals surface area contributed by atoms with Crippen LogP contribution in [0.2, 0.25) is 0 Å². The Bertz CT molecular complexity index is 676. The highest BCUT2D eigenvalue weighted by molar-refractivity contribution is 7.17. The Morgan fingerprint density at radius 2 is 1.96 bits per heavy atom. The third-order valence-corrected chi connectivity index (χ3v) is 6.62. The fraction of sp³-hybridized carbons (Fsp3) is 0.684. The van der Waals surface area contributed by atoms with Gasteiger partial charge in [-0.2, -0.15) is 0 Å². The van der Waals surface area contributed by atoms with E-state index < -0.39 is 0 Å². The summed E-state index contributed by atoms with van der Waals surface area (Å²) in [6, 6.07) is 0.425. The molecule has 3 N–H and O–H groups in total. The van der Waals surface area contributed by atoms with Crippen LogP contribution in [0.3, 0.4) is 0 Å². The van der Waals surface area contributed by atoms with Gasteiger partial charge in [-0.15, -0.1) is 11.3 Å². The lowest BCUT2D eigenvalue weighted by Gasteiger charge is -2.23. The normalized spacial score (nSPS) is 22.4. The molecule has 1 unspecified atom stereocenters. The number of hydrogen-bond acceptors (Lipinski definition) is 4. The molecule has 4 rings (SSSR count). The standard InChI is InChI=1S/C19H27N3O2S/c1-2-20-13-7-8-15-14(9-13)16(18(24)21-10-11-3-4-11)19(25-15)22-17(23)12-5-6-12/h11-13,20H,2-10H2,1H3,(H,21,24)(H,22,23). The zero-order valence-corrected chi connectivity index (χ0v) is 15.6. The van der Waals surface area contributed by atoms with Crippen LogP contribution >= 0.6 is 11.3 Å². The van der Waals surface area contributed by atoms with E-state index in [1.54, 1.807) is 11.3 Å². The van der Waals surface area contributed by atoms with E-state index in [2.05, 4.69) is 22.9 Å². The topological polar surface area (TPSA) is 70.2 Å². The summed E-state index contributed by atoms with van der Waals surface area (Å²) in [5, 5.41) is 10.4. The molecule has 2 amide bonds. The minimum Gasteiger partial charge on any atom is -0.352 e. The fourth-order valence-corrected chi connectivity index (χ4v) is 4.83. The maximum Gasteiger partial charge on any atom is 0.254 e. The highest BCUT2D eigenvalue weighted by atomic mass is 32.1. The summed E-state index contributed by atoms with van der Waals surface area (Å²) in [5.41, 5.74) is 1.89. The van der Waals surface area contributed by atoms with E-state index in [-0.39, 0.29) is 17.7 Å². The third-order valence-electron chi connectivity index (χ3n) is 5.41. The van der Waals surface area contributed by atoms with Crippen LogP contribution in [-0.4, -0.2) is 30.9 Å². The van der Waals surface area contributed by atoms with Crippen LogP contribution < -0.4 is 16.0 Å². The van der Waals surface area contributed by atoms with Crippen molar-refractivity contribution in [3.8, 4) is 0 Å². The molecule has 0 radical (unpaired) electrons. The second kappa shape index (κ2) is 7.08. The SMILES string of the molecule is CCNC1CCc2sc(NC(=O)C3CC3)c(C(=O)NCC3CC3)c2C1. The minimum atomic E-state index is -0.00681. The zero-order chi connectivity index (χ0) is 17.4. The van der Waals surface area contributed by atoms with Crippen LogP contribution in [0.15, 0.2) is 0 Å². The predicted octanol–water partition coefficient (Wildman–Crippen LogP) is 2.70. The number of aryl methyl sites for hydroxylation is 1. The minimum absolute atomic E-state index is 0.00681. The van der Waals surface area contributed by atoms with Gasteiger partial charge in [0.15, 0.2) is 0 Å². The summed E-state index contributed by atoms with van der Waals surface area (Å²) < 4.78 is 0. The van der Waals surface area contributed by atoms with E-state index in [9.17, 15) is 9.59 Å². The molecular formula is C19H27N3O2S. The molecule has 25 heavy (non-hydrogen) atoms. The third kappa shape index (κ3) is 3.90. The highest BCUT2D eigenvalue weighted by Crippen LogP contribution is 2.40. The van der Waals surface area contributed by atoms with Crippen LogP contribution in [0.5, 0.6) is 0 Å². The maximum absolute atomic E-state index is 12.9. The number of likely N-dealkylation sites (N-methyl/N-ethyl adjacent to an activating group) is 1. The quantitative estimate of drug-likeness (QED) is 0.699. The molecule has 0 saturated heterocycles. The smallest absolute Gasteiger partial charge is 0.254 e. The molecule has 0 spiro atoms. The molecule has 2 saturated carbocycles. The summed E-state index contributed by atoms with van der Waals surface area (Å²) >= 11 is 1.61. The van der Waals surface area contributed by atoms with Crippen molar-refractivity contribution < 1.29 is 9.59 Å². The Morgan fingerprint density at radius 1 is 1.16 bits per heavy atom. The summed E-state index contributed by atoms with van der Waals surface area (Å²) in [6.07, 6.45) is 7.35. The van der Waals surface area contributed by atoms with E-state index in [1.807, 2.05) is 0 Å². The van der Waals surface area contributed by atoms with E-state index in [1.165, 1.54) is 17.7 Å². The molecular weight excluding hydrogens is 334 g/mol. The molecule has 0 aromatic carbocycles. The summed E-state index contributed by atoms with van der Waals surface area (Å²) in [7, 11) is 0. The molecule has 3 aliphatic carbocycles. The van der Waals surface area contributed by atoms with Gasteiger partial charge in [0.25, 0.3) is 5.91 Å². The van der Waals surface area contributed by atoms with Gasteiger partial charge >= 0.3 is 0 Å². The number of carbonyl (C=O) groups is 2. The van der Waals surface area contributed by atoms with Gasteiger partial charge in [0.1, 0.15) is 5.00 Å². The van der Waals surface area contributed by atoms with Gasteiger partial charge in [0.2, 0.25) is 5.91 Å². The Hall–Kier alpha value is -1.40. The lowest BCUT2D eigenvalue weighted by atomic mass is 9.91. The predicted molar refractivity (Wildman–Crippen MR) is 100 cm³/mol. The van der Waals surface area contributed by atoms with Gasteiger partial charge in [-0.3, -0.25) is 9.59 Å². The van der Waals surface area contributed by atoms with E-state index in [0.717, 1.165) is 61.3 Å². The van der Waals surface area contributed by atoms with Crippen LogP contribution in [0.4, 0.5) is 5.00 Å². The van der Waals surface area contributed by atoms with Gasteiger partial charge in [-0.25, -0.2) is 0 Å². The van der Waals surface area contributed by atoms with Crippen LogP contribution in [0.25, 0.3) is 0 Å². The Morgan fingerprint density at radius 3 is 2.64 bits per heavy atom. The van der Waals surface area contributed by atoms with Crippen molar-refractivity contribution in [2.75, 3.05) is 18.4 Å². The van der Waals surface area contributed by atoms with E-state index in [4.69, 9.17) is 0 Å². The zero-order valence-electron chi connectivity index (χ0n) is 14.8. The van der Waals surface area contributed by atoms with Crippen molar-refractivity contribution in [2.24, 2.45) is 11.8 Å². The van der Waals surface area contributed by atoms with Crippen LogP contribution in [0, 0.1) is 11.8 Å². The molecule has 1 aromatic rings. The van der Waals surface area contributed by atoms with Crippen LogP contribution in [-0.2, 0) is 17.6 Å².